The molecular weight excluding hydrogens is 719 g/mol. The average molecular weight is 763 g/mol. The van der Waals surface area contributed by atoms with Crippen molar-refractivity contribution in [3.63, 3.8) is 0 Å². The number of ketones is 1. The molecular formula is C43H44F2N6O5. The average Bonchev–Trinajstić information content (AvgIpc) is 4.06. The zero-order valence-corrected chi connectivity index (χ0v) is 31.9. The molecule has 2 saturated heterocycles. The number of aromatic nitrogens is 6. The third kappa shape index (κ3) is 5.82. The highest BCUT2D eigenvalue weighted by molar-refractivity contribution is 6.05. The van der Waals surface area contributed by atoms with E-state index in [9.17, 15) is 13.6 Å². The Labute approximate surface area is 323 Å². The summed E-state index contributed by atoms with van der Waals surface area (Å²) in [4.78, 5) is 12.7. The molecule has 1 N–H and O–H groups in total. The molecule has 2 saturated carbocycles. The molecule has 2 aliphatic heterocycles. The van der Waals surface area contributed by atoms with E-state index < -0.39 is 17.0 Å². The number of aromatic amines is 1. The fourth-order valence-electron chi connectivity index (χ4n) is 9.41. The number of nitrogens with zero attached hydrogens (tertiary/aromatic N) is 5. The minimum absolute atomic E-state index is 0.0573. The second kappa shape index (κ2) is 13.5. The molecule has 5 aromatic rings. The summed E-state index contributed by atoms with van der Waals surface area (Å²) in [6.45, 7) is 10.6. The molecule has 0 radical (unpaired) electrons. The zero-order chi connectivity index (χ0) is 38.9. The number of rotatable bonds is 2. The minimum atomic E-state index is -0.856. The van der Waals surface area contributed by atoms with Gasteiger partial charge in [0.15, 0.2) is 17.4 Å². The van der Waals surface area contributed by atoms with Crippen molar-refractivity contribution in [2.45, 2.75) is 71.4 Å². The first kappa shape index (κ1) is 36.6. The number of H-pyrrole nitrogens is 1. The lowest BCUT2D eigenvalue weighted by molar-refractivity contribution is -0.208. The normalized spacial score (nSPS) is 24.7. The van der Waals surface area contributed by atoms with Gasteiger partial charge < -0.3 is 18.9 Å². The van der Waals surface area contributed by atoms with Crippen LogP contribution in [0.15, 0.2) is 78.1 Å². The second-order valence-electron chi connectivity index (χ2n) is 15.8. The van der Waals surface area contributed by atoms with Crippen LogP contribution in [0.1, 0.15) is 67.0 Å². The zero-order valence-electron chi connectivity index (χ0n) is 31.9. The van der Waals surface area contributed by atoms with Crippen molar-refractivity contribution in [3.05, 3.63) is 124 Å². The van der Waals surface area contributed by atoms with E-state index in [-0.39, 0.29) is 29.3 Å². The van der Waals surface area contributed by atoms with Gasteiger partial charge in [-0.05, 0) is 118 Å². The molecule has 5 heterocycles. The Bertz CT molecular complexity index is 2350. The van der Waals surface area contributed by atoms with Crippen LogP contribution in [0.4, 0.5) is 8.78 Å². The highest BCUT2D eigenvalue weighted by Crippen LogP contribution is 2.59. The first-order chi connectivity index (χ1) is 26.9. The molecule has 3 aromatic heterocycles. The van der Waals surface area contributed by atoms with Gasteiger partial charge in [0.1, 0.15) is 11.6 Å². The number of carbonyl (C=O) groups excluding carboxylic acids is 1. The summed E-state index contributed by atoms with van der Waals surface area (Å²) in [6.07, 6.45) is 11.5. The predicted molar refractivity (Wildman–Crippen MR) is 203 cm³/mol. The largest absolute Gasteiger partial charge is 0.347 e. The van der Waals surface area contributed by atoms with E-state index in [2.05, 4.69) is 33.4 Å². The lowest BCUT2D eigenvalue weighted by atomic mass is 9.72. The van der Waals surface area contributed by atoms with Gasteiger partial charge in [-0.1, -0.05) is 12.5 Å². The van der Waals surface area contributed by atoms with Crippen molar-refractivity contribution in [2.24, 2.45) is 10.8 Å². The molecule has 11 rings (SSSR count). The van der Waals surface area contributed by atoms with Crippen molar-refractivity contribution in [2.75, 3.05) is 26.4 Å². The number of ether oxygens (including phenoxy) is 4. The molecule has 11 nitrogen and oxygen atoms in total. The van der Waals surface area contributed by atoms with Gasteiger partial charge in [-0.25, -0.2) is 18.1 Å². The Hall–Kier alpha value is -5.08. The minimum Gasteiger partial charge on any atom is -0.347 e. The molecule has 13 heteroatoms. The van der Waals surface area contributed by atoms with Crippen LogP contribution in [-0.4, -0.2) is 73.5 Å². The van der Waals surface area contributed by atoms with Crippen LogP contribution in [0, 0.1) is 36.3 Å². The van der Waals surface area contributed by atoms with Crippen molar-refractivity contribution in [1.29, 1.82) is 0 Å². The Morgan fingerprint density at radius 2 is 1.21 bits per heavy atom. The number of aryl methyl sites for hydroxylation is 2. The van der Waals surface area contributed by atoms with Gasteiger partial charge in [-0.15, -0.1) is 0 Å². The lowest BCUT2D eigenvalue weighted by Gasteiger charge is -2.41. The van der Waals surface area contributed by atoms with Gasteiger partial charge in [-0.3, -0.25) is 9.89 Å². The fourth-order valence-corrected chi connectivity index (χ4v) is 9.41. The summed E-state index contributed by atoms with van der Waals surface area (Å²) in [5, 5.41) is 15.7. The predicted octanol–water partition coefficient (Wildman–Crippen LogP) is 7.19. The monoisotopic (exact) mass is 762 g/mol. The van der Waals surface area contributed by atoms with E-state index in [0.29, 0.717) is 32.8 Å². The third-order valence-electron chi connectivity index (χ3n) is 12.3. The van der Waals surface area contributed by atoms with Gasteiger partial charge in [0.05, 0.1) is 79.1 Å². The van der Waals surface area contributed by atoms with E-state index in [4.69, 9.17) is 18.9 Å². The van der Waals surface area contributed by atoms with E-state index in [0.717, 1.165) is 64.5 Å². The molecule has 0 bridgehead atoms. The number of halogens is 2. The van der Waals surface area contributed by atoms with E-state index >= 15 is 0 Å². The van der Waals surface area contributed by atoms with Crippen LogP contribution in [0.2, 0.25) is 0 Å². The van der Waals surface area contributed by atoms with E-state index in [1.165, 1.54) is 35.4 Å². The quantitative estimate of drug-likeness (QED) is 0.201. The molecule has 2 spiro atoms. The maximum Gasteiger partial charge on any atom is 0.185 e. The summed E-state index contributed by atoms with van der Waals surface area (Å²) in [5.41, 5.74) is 9.43. The molecule has 2 aromatic carbocycles. The van der Waals surface area contributed by atoms with Crippen molar-refractivity contribution in [3.8, 4) is 11.4 Å². The molecule has 2 atom stereocenters. The molecule has 290 valence electrons. The van der Waals surface area contributed by atoms with Gasteiger partial charge in [0, 0.05) is 23.1 Å². The number of Topliss-reactive ketones (excluding diaryl/α,β-unsaturated/α-hetero) is 1. The summed E-state index contributed by atoms with van der Waals surface area (Å²) in [5.74, 6) is -1.81. The Morgan fingerprint density at radius 1 is 0.696 bits per heavy atom. The molecule has 0 unspecified atom stereocenters. The van der Waals surface area contributed by atoms with Crippen LogP contribution in [-0.2, 0) is 36.6 Å². The number of carbonyl (C=O) groups is 1. The van der Waals surface area contributed by atoms with Crippen LogP contribution in [0.3, 0.4) is 0 Å². The maximum atomic E-state index is 13.2. The number of hydrogen-bond donors (Lipinski definition) is 1. The number of fused-ring (bicyclic) bond motifs is 6. The van der Waals surface area contributed by atoms with E-state index in [1.54, 1.807) is 28.9 Å². The number of hydrogen-bond acceptors (Lipinski definition) is 8. The van der Waals surface area contributed by atoms with Gasteiger partial charge in [0.2, 0.25) is 0 Å². The topological polar surface area (TPSA) is 118 Å². The summed E-state index contributed by atoms with van der Waals surface area (Å²) >= 11 is 0. The molecule has 56 heavy (non-hydrogen) atoms. The molecule has 6 aliphatic rings. The second-order valence-corrected chi connectivity index (χ2v) is 15.8. The van der Waals surface area contributed by atoms with Crippen LogP contribution in [0.25, 0.3) is 23.5 Å². The fraction of sp³-hybridized carbons (Fsp3) is 0.395. The standard InChI is InChI=1S/C19H17FN2O3.C19H19FN2O2.C5H8N2/c1-18-9-12-11-21-22(14-4-2-13(20)3-5-14)16(12)8-15(18)17(23)10-19(18)24-6-7-25-19;1-18-11-13-12-21-22(16-4-2-15(20)3-5-16)17(13)10-14(18)6-7-19(18)23-8-9-24-19;1-4-3-5(2)7-6-4/h2-5,8,11H,6-7,9-10H2,1H3;2-5,10,12H,6-9,11H2,1H3;3H,1-2H3,(H,6,7)/t2*18-;/m00./s1. The van der Waals surface area contributed by atoms with E-state index in [1.807, 2.05) is 50.0 Å². The van der Waals surface area contributed by atoms with Crippen LogP contribution in [0.5, 0.6) is 0 Å². The highest BCUT2D eigenvalue weighted by atomic mass is 19.1. The third-order valence-corrected chi connectivity index (χ3v) is 12.3. The maximum absolute atomic E-state index is 13.2. The van der Waals surface area contributed by atoms with Gasteiger partial charge >= 0.3 is 0 Å². The van der Waals surface area contributed by atoms with Crippen LogP contribution >= 0.6 is 0 Å². The van der Waals surface area contributed by atoms with Crippen molar-refractivity contribution in [1.82, 2.24) is 29.8 Å². The van der Waals surface area contributed by atoms with Gasteiger partial charge in [-0.2, -0.15) is 15.3 Å². The van der Waals surface area contributed by atoms with Crippen molar-refractivity contribution >= 4 is 17.9 Å². The van der Waals surface area contributed by atoms with Crippen LogP contribution < -0.4 is 0 Å². The van der Waals surface area contributed by atoms with Gasteiger partial charge in [0.25, 0.3) is 0 Å². The highest BCUT2D eigenvalue weighted by Gasteiger charge is 2.64. The van der Waals surface area contributed by atoms with Crippen molar-refractivity contribution < 1.29 is 32.5 Å². The lowest BCUT2D eigenvalue weighted by Crippen LogP contribution is -2.46. The summed E-state index contributed by atoms with van der Waals surface area (Å²) in [7, 11) is 0. The smallest absolute Gasteiger partial charge is 0.185 e. The summed E-state index contributed by atoms with van der Waals surface area (Å²) < 4.78 is 54.0. The number of nitrogens with one attached hydrogen (secondary N) is 1. The molecule has 0 amide bonds. The molecule has 4 fully saturated rings. The SMILES string of the molecule is C[C@]12Cc3cnn(-c4ccc(F)cc4)c3C=C1C(=O)CC21OCCO1.C[C@]12Cc3cnn(-c4ccc(F)cc4)c3C=C1CCC21OCCO1.Cc1cc(C)[nH]n1. The molecule has 4 aliphatic carbocycles. The number of benzene rings is 2. The summed E-state index contributed by atoms with van der Waals surface area (Å²) in [6, 6.07) is 14.6. The Balaban J connectivity index is 0.000000125. The first-order valence-electron chi connectivity index (χ1n) is 19.1. The Kier molecular flexibility index (Phi) is 8.84. The first-order valence-corrected chi connectivity index (χ1v) is 19.1. The Morgan fingerprint density at radius 3 is 1.71 bits per heavy atom.